The first-order valence-corrected chi connectivity index (χ1v) is 6.22. The molecule has 0 bridgehead atoms. The number of hydrogen-bond acceptors (Lipinski definition) is 2. The third kappa shape index (κ3) is 2.64. The molecule has 1 fully saturated rings. The summed E-state index contributed by atoms with van der Waals surface area (Å²) in [6.45, 7) is 0. The summed E-state index contributed by atoms with van der Waals surface area (Å²) in [5.74, 6) is 0.562. The average Bonchev–Trinajstić information content (AvgIpc) is 1.75. The van der Waals surface area contributed by atoms with Crippen LogP contribution in [0.5, 0.6) is 0 Å². The fourth-order valence-corrected chi connectivity index (χ4v) is 2.04. The predicted octanol–water partition coefficient (Wildman–Crippen LogP) is 1.79. The molecule has 11 heavy (non-hydrogen) atoms. The van der Waals surface area contributed by atoms with Gasteiger partial charge in [-0.15, -0.1) is 11.6 Å². The minimum absolute atomic E-state index is 0.562. The summed E-state index contributed by atoms with van der Waals surface area (Å²) in [5, 5.41) is 0. The molecule has 1 atom stereocenters. The number of rotatable bonds is 3. The lowest BCUT2D eigenvalue weighted by atomic mass is 9.83. The molecule has 0 spiro atoms. The molecule has 0 saturated heterocycles. The van der Waals surface area contributed by atoms with Gasteiger partial charge in [0.2, 0.25) is 0 Å². The molecule has 1 rings (SSSR count). The Morgan fingerprint density at radius 1 is 1.55 bits per heavy atom. The van der Waals surface area contributed by atoms with E-state index in [9.17, 15) is 8.42 Å². The normalized spacial score (nSPS) is 22.7. The van der Waals surface area contributed by atoms with Gasteiger partial charge in [0, 0.05) is 6.26 Å². The molecule has 66 valence electrons. The average molecular weight is 197 g/mol. The molecule has 0 aromatic rings. The van der Waals surface area contributed by atoms with Crippen LogP contribution in [0, 0.1) is 5.92 Å². The quantitative estimate of drug-likeness (QED) is 0.645. The molecule has 0 aromatic heterocycles. The van der Waals surface area contributed by atoms with Gasteiger partial charge in [-0.1, -0.05) is 19.3 Å². The molecule has 2 nitrogen and oxygen atoms in total. The Hall–Kier alpha value is 0.240. The minimum atomic E-state index is -3.01. The molecule has 0 aromatic carbocycles. The first-order chi connectivity index (χ1) is 5.00. The number of alkyl halides is 1. The van der Waals surface area contributed by atoms with Crippen molar-refractivity contribution in [2.45, 2.75) is 30.4 Å². The molecule has 0 aliphatic heterocycles. The first-order valence-electron chi connectivity index (χ1n) is 3.83. The molecule has 1 aliphatic rings. The molecule has 1 unspecified atom stereocenters. The molecule has 0 amide bonds. The van der Waals surface area contributed by atoms with Crippen molar-refractivity contribution in [3.05, 3.63) is 0 Å². The lowest BCUT2D eigenvalue weighted by Gasteiger charge is -2.26. The van der Waals surface area contributed by atoms with Crippen molar-refractivity contribution in [3.63, 3.8) is 0 Å². The maximum Gasteiger partial charge on any atom is 0.164 e. The second-order valence-corrected chi connectivity index (χ2v) is 6.29. The topological polar surface area (TPSA) is 34.1 Å². The lowest BCUT2D eigenvalue weighted by Crippen LogP contribution is -2.21. The van der Waals surface area contributed by atoms with Gasteiger partial charge in [-0.3, -0.25) is 0 Å². The Morgan fingerprint density at radius 3 is 2.36 bits per heavy atom. The fourth-order valence-electron chi connectivity index (χ4n) is 1.17. The van der Waals surface area contributed by atoms with E-state index in [2.05, 4.69) is 0 Å². The standard InChI is InChI=1S/C7H13ClO2S/c1-11(9,10)7(8)5-6-3-2-4-6/h6-7H,2-5H2,1H3. The predicted molar refractivity (Wildman–Crippen MR) is 46.4 cm³/mol. The largest absolute Gasteiger partial charge is 0.228 e. The zero-order valence-corrected chi connectivity index (χ0v) is 8.16. The van der Waals surface area contributed by atoms with E-state index in [0.29, 0.717) is 12.3 Å². The maximum absolute atomic E-state index is 10.9. The van der Waals surface area contributed by atoms with Crippen LogP contribution in [0.3, 0.4) is 0 Å². The summed E-state index contributed by atoms with van der Waals surface area (Å²) in [4.78, 5) is 0. The van der Waals surface area contributed by atoms with E-state index in [4.69, 9.17) is 11.6 Å². The smallest absolute Gasteiger partial charge is 0.164 e. The van der Waals surface area contributed by atoms with Crippen LogP contribution in [-0.4, -0.2) is 19.4 Å². The Labute approximate surface area is 72.9 Å². The SMILES string of the molecule is CS(=O)(=O)C(Cl)CC1CCC1. The van der Waals surface area contributed by atoms with Gasteiger partial charge in [0.05, 0.1) is 0 Å². The molecular weight excluding hydrogens is 184 g/mol. The Bertz CT molecular complexity index is 219. The van der Waals surface area contributed by atoms with Crippen LogP contribution in [0.2, 0.25) is 0 Å². The van der Waals surface area contributed by atoms with Crippen molar-refractivity contribution in [1.82, 2.24) is 0 Å². The highest BCUT2D eigenvalue weighted by Gasteiger charge is 2.25. The molecule has 0 heterocycles. The van der Waals surface area contributed by atoms with Crippen LogP contribution >= 0.6 is 11.6 Å². The second kappa shape index (κ2) is 3.31. The lowest BCUT2D eigenvalue weighted by molar-refractivity contribution is 0.303. The number of hydrogen-bond donors (Lipinski definition) is 0. The van der Waals surface area contributed by atoms with Gasteiger partial charge in [-0.05, 0) is 12.3 Å². The van der Waals surface area contributed by atoms with E-state index in [0.717, 1.165) is 12.8 Å². The van der Waals surface area contributed by atoms with Gasteiger partial charge >= 0.3 is 0 Å². The zero-order chi connectivity index (χ0) is 8.48. The van der Waals surface area contributed by atoms with Crippen LogP contribution in [0.25, 0.3) is 0 Å². The maximum atomic E-state index is 10.9. The third-order valence-corrected chi connectivity index (χ3v) is 4.48. The Kier molecular flexibility index (Phi) is 2.81. The van der Waals surface area contributed by atoms with Crippen LogP contribution in [0.4, 0.5) is 0 Å². The van der Waals surface area contributed by atoms with Gasteiger partial charge in [-0.2, -0.15) is 0 Å². The number of halogens is 1. The van der Waals surface area contributed by atoms with E-state index in [1.807, 2.05) is 0 Å². The summed E-state index contributed by atoms with van der Waals surface area (Å²) >= 11 is 5.68. The van der Waals surface area contributed by atoms with E-state index in [1.54, 1.807) is 0 Å². The van der Waals surface area contributed by atoms with Crippen LogP contribution in [0.15, 0.2) is 0 Å². The highest BCUT2D eigenvalue weighted by atomic mass is 35.5. The van der Waals surface area contributed by atoms with Crippen LogP contribution < -0.4 is 0 Å². The van der Waals surface area contributed by atoms with E-state index >= 15 is 0 Å². The molecular formula is C7H13ClO2S. The van der Waals surface area contributed by atoms with E-state index < -0.39 is 14.5 Å². The van der Waals surface area contributed by atoms with Gasteiger partial charge in [0.1, 0.15) is 4.71 Å². The fraction of sp³-hybridized carbons (Fsp3) is 1.00. The van der Waals surface area contributed by atoms with Gasteiger partial charge < -0.3 is 0 Å². The van der Waals surface area contributed by atoms with Gasteiger partial charge in [0.15, 0.2) is 9.84 Å². The molecule has 1 saturated carbocycles. The molecule has 4 heteroatoms. The van der Waals surface area contributed by atoms with Crippen LogP contribution in [0.1, 0.15) is 25.7 Å². The summed E-state index contributed by atoms with van der Waals surface area (Å²) < 4.78 is 21.1. The summed E-state index contributed by atoms with van der Waals surface area (Å²) in [6, 6.07) is 0. The second-order valence-electron chi connectivity index (χ2n) is 3.27. The molecule has 0 radical (unpaired) electrons. The first kappa shape index (κ1) is 9.33. The van der Waals surface area contributed by atoms with E-state index in [-0.39, 0.29) is 0 Å². The molecule has 0 N–H and O–H groups in total. The minimum Gasteiger partial charge on any atom is -0.228 e. The number of sulfone groups is 1. The van der Waals surface area contributed by atoms with E-state index in [1.165, 1.54) is 12.7 Å². The zero-order valence-electron chi connectivity index (χ0n) is 6.59. The summed E-state index contributed by atoms with van der Waals surface area (Å²) in [7, 11) is -3.01. The van der Waals surface area contributed by atoms with Crippen molar-refractivity contribution >= 4 is 21.4 Å². The van der Waals surface area contributed by atoms with Crippen molar-refractivity contribution in [2.75, 3.05) is 6.26 Å². The van der Waals surface area contributed by atoms with Crippen molar-refractivity contribution in [2.24, 2.45) is 5.92 Å². The Morgan fingerprint density at radius 2 is 2.09 bits per heavy atom. The van der Waals surface area contributed by atoms with Crippen molar-refractivity contribution in [3.8, 4) is 0 Å². The van der Waals surface area contributed by atoms with Crippen molar-refractivity contribution < 1.29 is 8.42 Å². The van der Waals surface area contributed by atoms with Crippen molar-refractivity contribution in [1.29, 1.82) is 0 Å². The summed E-state index contributed by atoms with van der Waals surface area (Å²) in [6.07, 6.45) is 5.37. The molecule has 1 aliphatic carbocycles. The van der Waals surface area contributed by atoms with Gasteiger partial charge in [0.25, 0.3) is 0 Å². The summed E-state index contributed by atoms with van der Waals surface area (Å²) in [5.41, 5.74) is 0. The highest BCUT2D eigenvalue weighted by Crippen LogP contribution is 2.32. The third-order valence-electron chi connectivity index (χ3n) is 2.21. The van der Waals surface area contributed by atoms with Gasteiger partial charge in [-0.25, -0.2) is 8.42 Å². The monoisotopic (exact) mass is 196 g/mol. The highest BCUT2D eigenvalue weighted by molar-refractivity contribution is 7.92. The Balaban J connectivity index is 2.36. The van der Waals surface area contributed by atoms with Crippen LogP contribution in [-0.2, 0) is 9.84 Å².